The van der Waals surface area contributed by atoms with E-state index in [0.29, 0.717) is 54.8 Å². The smallest absolute Gasteiger partial charge is 0.270 e. The predicted molar refractivity (Wildman–Crippen MR) is 159 cm³/mol. The molecule has 5 heterocycles. The number of hydrogen-bond acceptors (Lipinski definition) is 9. The second-order valence-corrected chi connectivity index (χ2v) is 11.0. The lowest BCUT2D eigenvalue weighted by molar-refractivity contribution is 0.00465. The number of aliphatic hydroxyl groups excluding tert-OH is 1. The predicted octanol–water partition coefficient (Wildman–Crippen LogP) is 2.07. The number of nitrogens with one attached hydrogen (secondary N) is 1. The maximum absolute atomic E-state index is 13.0. The van der Waals surface area contributed by atoms with Gasteiger partial charge in [0.1, 0.15) is 30.0 Å². The van der Waals surface area contributed by atoms with Crippen LogP contribution in [0.1, 0.15) is 21.9 Å². The summed E-state index contributed by atoms with van der Waals surface area (Å²) in [5.74, 6) is 1.34. The summed E-state index contributed by atoms with van der Waals surface area (Å²) in [6.07, 6.45) is 3.37. The summed E-state index contributed by atoms with van der Waals surface area (Å²) in [6, 6.07) is 13.5. The molecule has 2 fully saturated rings. The number of carbonyl (C=O) groups excluding carboxylic acids is 1. The quantitative estimate of drug-likeness (QED) is 0.311. The minimum absolute atomic E-state index is 0.0437. The molecule has 11 heteroatoms. The lowest BCUT2D eigenvalue weighted by Crippen LogP contribution is -2.47. The second-order valence-electron chi connectivity index (χ2n) is 11.0. The Balaban J connectivity index is 1.09. The van der Waals surface area contributed by atoms with Gasteiger partial charge in [0.25, 0.3) is 5.91 Å². The molecule has 2 saturated heterocycles. The molecule has 0 saturated carbocycles. The van der Waals surface area contributed by atoms with E-state index < -0.39 is 6.10 Å². The van der Waals surface area contributed by atoms with Crippen molar-refractivity contribution in [3.63, 3.8) is 0 Å². The normalized spacial score (nSPS) is 17.4. The fourth-order valence-electron chi connectivity index (χ4n) is 5.36. The van der Waals surface area contributed by atoms with E-state index in [4.69, 9.17) is 14.5 Å². The first-order valence-corrected chi connectivity index (χ1v) is 14.5. The van der Waals surface area contributed by atoms with Gasteiger partial charge in [0, 0.05) is 81.6 Å². The van der Waals surface area contributed by atoms with Crippen molar-refractivity contribution in [3.8, 4) is 17.1 Å². The van der Waals surface area contributed by atoms with Gasteiger partial charge in [-0.3, -0.25) is 14.7 Å². The molecule has 2 aliphatic heterocycles. The van der Waals surface area contributed by atoms with Crippen molar-refractivity contribution in [1.29, 1.82) is 0 Å². The monoisotopic (exact) mass is 571 g/mol. The Morgan fingerprint density at radius 1 is 1.00 bits per heavy atom. The number of pyridine rings is 1. The van der Waals surface area contributed by atoms with Crippen molar-refractivity contribution in [3.05, 3.63) is 71.9 Å². The highest BCUT2D eigenvalue weighted by molar-refractivity contribution is 5.98. The number of carbonyl (C=O) groups is 1. The van der Waals surface area contributed by atoms with Gasteiger partial charge in [0.15, 0.2) is 0 Å². The molecule has 2 aliphatic rings. The third-order valence-corrected chi connectivity index (χ3v) is 7.78. The Hall–Kier alpha value is -3.90. The lowest BCUT2D eigenvalue weighted by Gasteiger charge is -2.32. The molecule has 220 valence electrons. The summed E-state index contributed by atoms with van der Waals surface area (Å²) < 4.78 is 11.2. The van der Waals surface area contributed by atoms with E-state index in [-0.39, 0.29) is 12.5 Å². The largest absolute Gasteiger partial charge is 0.491 e. The fourth-order valence-corrected chi connectivity index (χ4v) is 5.36. The first kappa shape index (κ1) is 28.2. The van der Waals surface area contributed by atoms with E-state index in [1.54, 1.807) is 18.5 Å². The standard InChI is InChI=1S/C31H37N7O4/c1-36-8-10-38(11-9-36)31(40)29-18-23-16-22(2-3-26(23)34-29)17-30-33-7-5-27(35-30)28-19-25(4-6-32-28)42-21-24(39)20-37-12-14-41-15-13-37/h2-7,16,18-19,24,34,39H,8-15,17,20-21H2,1H3. The van der Waals surface area contributed by atoms with Crippen LogP contribution in [0.3, 0.4) is 0 Å². The molecule has 0 aliphatic carbocycles. The zero-order valence-electron chi connectivity index (χ0n) is 23.9. The number of piperazine rings is 1. The van der Waals surface area contributed by atoms with E-state index in [2.05, 4.69) is 37.9 Å². The molecular formula is C31H37N7O4. The van der Waals surface area contributed by atoms with Crippen LogP contribution < -0.4 is 4.74 Å². The first-order chi connectivity index (χ1) is 20.5. The Morgan fingerprint density at radius 2 is 1.81 bits per heavy atom. The Bertz CT molecular complexity index is 1510. The van der Waals surface area contributed by atoms with Crippen LogP contribution in [0.4, 0.5) is 0 Å². The highest BCUT2D eigenvalue weighted by atomic mass is 16.5. The third kappa shape index (κ3) is 6.93. The van der Waals surface area contributed by atoms with E-state index in [1.807, 2.05) is 35.2 Å². The second kappa shape index (κ2) is 13.0. The van der Waals surface area contributed by atoms with Crippen LogP contribution >= 0.6 is 0 Å². The molecule has 1 aromatic carbocycles. The van der Waals surface area contributed by atoms with Gasteiger partial charge in [0.05, 0.1) is 24.6 Å². The van der Waals surface area contributed by atoms with E-state index in [9.17, 15) is 9.90 Å². The van der Waals surface area contributed by atoms with Gasteiger partial charge in [0.2, 0.25) is 0 Å². The average Bonchev–Trinajstić information content (AvgIpc) is 3.44. The van der Waals surface area contributed by atoms with Crippen molar-refractivity contribution in [2.75, 3.05) is 72.7 Å². The minimum Gasteiger partial charge on any atom is -0.491 e. The highest BCUT2D eigenvalue weighted by Crippen LogP contribution is 2.23. The number of morpholine rings is 1. The van der Waals surface area contributed by atoms with Gasteiger partial charge < -0.3 is 29.4 Å². The summed E-state index contributed by atoms with van der Waals surface area (Å²) in [4.78, 5) is 36.4. The summed E-state index contributed by atoms with van der Waals surface area (Å²) in [7, 11) is 2.08. The minimum atomic E-state index is -0.594. The molecule has 1 atom stereocenters. The molecular weight excluding hydrogens is 534 g/mol. The lowest BCUT2D eigenvalue weighted by atomic mass is 10.1. The van der Waals surface area contributed by atoms with Crippen molar-refractivity contribution >= 4 is 16.8 Å². The van der Waals surface area contributed by atoms with Gasteiger partial charge in [-0.25, -0.2) is 9.97 Å². The topological polar surface area (TPSA) is 120 Å². The summed E-state index contributed by atoms with van der Waals surface area (Å²) in [5, 5.41) is 11.4. The zero-order chi connectivity index (χ0) is 28.9. The van der Waals surface area contributed by atoms with Crippen LogP contribution in [0.25, 0.3) is 22.3 Å². The number of H-pyrrole nitrogens is 1. The number of nitrogens with zero attached hydrogens (tertiary/aromatic N) is 6. The van der Waals surface area contributed by atoms with E-state index in [0.717, 1.165) is 55.7 Å². The fraction of sp³-hybridized carbons (Fsp3) is 0.419. The summed E-state index contributed by atoms with van der Waals surface area (Å²) in [5.41, 5.74) is 3.97. The van der Waals surface area contributed by atoms with Gasteiger partial charge >= 0.3 is 0 Å². The molecule has 6 rings (SSSR count). The van der Waals surface area contributed by atoms with Crippen molar-refractivity contribution in [2.24, 2.45) is 0 Å². The molecule has 0 radical (unpaired) electrons. The average molecular weight is 572 g/mol. The number of aromatic amines is 1. The Morgan fingerprint density at radius 3 is 2.64 bits per heavy atom. The van der Waals surface area contributed by atoms with Crippen molar-refractivity contribution in [1.82, 2.24) is 34.6 Å². The number of amides is 1. The maximum Gasteiger partial charge on any atom is 0.270 e. The van der Waals surface area contributed by atoms with Crippen molar-refractivity contribution < 1.29 is 19.4 Å². The van der Waals surface area contributed by atoms with Gasteiger partial charge in [-0.1, -0.05) is 6.07 Å². The maximum atomic E-state index is 13.0. The number of ether oxygens (including phenoxy) is 2. The number of β-amino-alcohol motifs (C(OH)–C–C–N with tert-alkyl or cyclic N) is 1. The number of likely N-dealkylation sites (N-methyl/N-ethyl adjacent to an activating group) is 1. The SMILES string of the molecule is CN1CCN(C(=O)c2cc3cc(Cc4nccc(-c5cc(OCC(O)CN6CCOCC6)ccn5)n4)ccc3[nH]2)CC1. The molecule has 1 unspecified atom stereocenters. The molecule has 42 heavy (non-hydrogen) atoms. The van der Waals surface area contributed by atoms with E-state index >= 15 is 0 Å². The Labute approximate surface area is 245 Å². The molecule has 1 amide bonds. The van der Waals surface area contributed by atoms with Crippen LogP contribution in [0, 0.1) is 0 Å². The van der Waals surface area contributed by atoms with Crippen LogP contribution in [-0.2, 0) is 11.2 Å². The molecule has 2 N–H and O–H groups in total. The zero-order valence-corrected chi connectivity index (χ0v) is 23.9. The number of benzene rings is 1. The van der Waals surface area contributed by atoms with E-state index in [1.165, 1.54) is 0 Å². The summed E-state index contributed by atoms with van der Waals surface area (Å²) in [6.45, 7) is 7.05. The first-order valence-electron chi connectivity index (χ1n) is 14.5. The molecule has 3 aromatic heterocycles. The number of rotatable bonds is 9. The van der Waals surface area contributed by atoms with Crippen LogP contribution in [0.2, 0.25) is 0 Å². The summed E-state index contributed by atoms with van der Waals surface area (Å²) >= 11 is 0. The number of hydrogen-bond donors (Lipinski definition) is 2. The number of aromatic nitrogens is 4. The third-order valence-electron chi connectivity index (χ3n) is 7.78. The van der Waals surface area contributed by atoms with Crippen molar-refractivity contribution in [2.45, 2.75) is 12.5 Å². The number of fused-ring (bicyclic) bond motifs is 1. The van der Waals surface area contributed by atoms with Gasteiger partial charge in [-0.2, -0.15) is 0 Å². The highest BCUT2D eigenvalue weighted by Gasteiger charge is 2.22. The van der Waals surface area contributed by atoms with Crippen LogP contribution in [-0.4, -0.2) is 124 Å². The molecule has 0 bridgehead atoms. The molecule has 4 aromatic rings. The van der Waals surface area contributed by atoms with Crippen LogP contribution in [0.5, 0.6) is 5.75 Å². The Kier molecular flexibility index (Phi) is 8.71. The van der Waals surface area contributed by atoms with Crippen LogP contribution in [0.15, 0.2) is 54.9 Å². The number of aliphatic hydroxyl groups is 1. The van der Waals surface area contributed by atoms with Gasteiger partial charge in [-0.05, 0) is 42.9 Å². The molecule has 11 nitrogen and oxygen atoms in total. The molecule has 0 spiro atoms. The van der Waals surface area contributed by atoms with Gasteiger partial charge in [-0.15, -0.1) is 0 Å².